The molecule has 98 valence electrons. The Balaban J connectivity index is 1.60. The molecule has 0 radical (unpaired) electrons. The lowest BCUT2D eigenvalue weighted by atomic mass is 9.79. The number of rotatable bonds is 3. The Hall–Kier alpha value is -1.66. The monoisotopic (exact) mass is 259 g/mol. The number of hydrogen-bond donors (Lipinski definition) is 0. The van der Waals surface area contributed by atoms with Gasteiger partial charge in [-0.05, 0) is 5.46 Å². The standard InChI is InChI=1S/C13H14BNO4/c16-12-6-7-13(17)15(12)8-11-9-18-14(19-11)10-4-2-1-3-5-10/h1-5,11H,6-9H2. The van der Waals surface area contributed by atoms with Crippen LogP contribution in [0.2, 0.25) is 0 Å². The molecule has 5 nitrogen and oxygen atoms in total. The number of likely N-dealkylation sites (tertiary alicyclic amines) is 1. The topological polar surface area (TPSA) is 55.8 Å². The maximum Gasteiger partial charge on any atom is 0.494 e. The van der Waals surface area contributed by atoms with E-state index in [4.69, 9.17) is 9.31 Å². The normalized spacial score (nSPS) is 23.5. The summed E-state index contributed by atoms with van der Waals surface area (Å²) in [6.07, 6.45) is 0.388. The van der Waals surface area contributed by atoms with E-state index in [1.807, 2.05) is 30.3 Å². The Morgan fingerprint density at radius 2 is 1.84 bits per heavy atom. The SMILES string of the molecule is O=C1CCC(=O)N1CC1COB(c2ccccc2)O1. The molecule has 2 amide bonds. The van der Waals surface area contributed by atoms with Gasteiger partial charge in [0.05, 0.1) is 19.3 Å². The van der Waals surface area contributed by atoms with Crippen molar-refractivity contribution in [1.29, 1.82) is 0 Å². The molecule has 1 unspecified atom stereocenters. The van der Waals surface area contributed by atoms with Crippen LogP contribution in [0, 0.1) is 0 Å². The van der Waals surface area contributed by atoms with Crippen LogP contribution in [-0.4, -0.2) is 43.1 Å². The van der Waals surface area contributed by atoms with Crippen molar-refractivity contribution in [2.75, 3.05) is 13.2 Å². The highest BCUT2D eigenvalue weighted by molar-refractivity contribution is 6.61. The van der Waals surface area contributed by atoms with Gasteiger partial charge < -0.3 is 9.31 Å². The molecule has 1 atom stereocenters. The minimum absolute atomic E-state index is 0.114. The first kappa shape index (κ1) is 12.4. The van der Waals surface area contributed by atoms with Crippen LogP contribution < -0.4 is 5.46 Å². The van der Waals surface area contributed by atoms with Crippen LogP contribution in [0.15, 0.2) is 30.3 Å². The Bertz CT molecular complexity index is 477. The second kappa shape index (κ2) is 5.15. The van der Waals surface area contributed by atoms with Crippen LogP contribution >= 0.6 is 0 Å². The summed E-state index contributed by atoms with van der Waals surface area (Å²) in [6.45, 7) is 0.692. The minimum atomic E-state index is -0.404. The van der Waals surface area contributed by atoms with Crippen LogP contribution in [-0.2, 0) is 18.9 Å². The highest BCUT2D eigenvalue weighted by Gasteiger charge is 2.37. The molecule has 0 saturated carbocycles. The van der Waals surface area contributed by atoms with Gasteiger partial charge in [-0.3, -0.25) is 14.5 Å². The summed E-state index contributed by atoms with van der Waals surface area (Å²) in [5.41, 5.74) is 0.948. The third-order valence-electron chi connectivity index (χ3n) is 3.36. The number of hydrogen-bond acceptors (Lipinski definition) is 4. The van der Waals surface area contributed by atoms with Gasteiger partial charge in [0.25, 0.3) is 0 Å². The fraction of sp³-hybridized carbons (Fsp3) is 0.385. The van der Waals surface area contributed by atoms with Gasteiger partial charge in [-0.1, -0.05) is 30.3 Å². The molecule has 0 spiro atoms. The largest absolute Gasteiger partial charge is 0.494 e. The van der Waals surface area contributed by atoms with Crippen molar-refractivity contribution >= 4 is 24.4 Å². The summed E-state index contributed by atoms with van der Waals surface area (Å²) < 4.78 is 11.3. The average molecular weight is 259 g/mol. The molecule has 1 aromatic carbocycles. The van der Waals surface area contributed by atoms with Crippen molar-refractivity contribution in [1.82, 2.24) is 4.90 Å². The third-order valence-corrected chi connectivity index (χ3v) is 3.36. The zero-order chi connectivity index (χ0) is 13.2. The van der Waals surface area contributed by atoms with E-state index in [-0.39, 0.29) is 17.9 Å². The van der Waals surface area contributed by atoms with Gasteiger partial charge in [-0.25, -0.2) is 0 Å². The predicted molar refractivity (Wildman–Crippen MR) is 68.6 cm³/mol. The van der Waals surface area contributed by atoms with Crippen molar-refractivity contribution in [2.24, 2.45) is 0 Å². The maximum absolute atomic E-state index is 11.5. The summed E-state index contributed by atoms with van der Waals surface area (Å²) in [5, 5.41) is 0. The summed E-state index contributed by atoms with van der Waals surface area (Å²) in [6, 6.07) is 9.63. The fourth-order valence-electron chi connectivity index (χ4n) is 2.36. The molecule has 2 aliphatic rings. The first-order valence-corrected chi connectivity index (χ1v) is 6.39. The zero-order valence-electron chi connectivity index (χ0n) is 10.5. The van der Waals surface area contributed by atoms with Crippen LogP contribution in [0.1, 0.15) is 12.8 Å². The Kier molecular flexibility index (Phi) is 3.35. The molecule has 3 rings (SSSR count). The average Bonchev–Trinajstić information content (AvgIpc) is 3.02. The summed E-state index contributed by atoms with van der Waals surface area (Å²) in [7, 11) is -0.404. The molecule has 2 aliphatic heterocycles. The van der Waals surface area contributed by atoms with Gasteiger partial charge in [0, 0.05) is 12.8 Å². The van der Waals surface area contributed by atoms with E-state index < -0.39 is 7.12 Å². The summed E-state index contributed by atoms with van der Waals surface area (Å²) in [4.78, 5) is 24.3. The Morgan fingerprint density at radius 3 is 2.53 bits per heavy atom. The van der Waals surface area contributed by atoms with Crippen molar-refractivity contribution in [3.05, 3.63) is 30.3 Å². The molecule has 0 N–H and O–H groups in total. The number of imide groups is 1. The Morgan fingerprint density at radius 1 is 1.16 bits per heavy atom. The molecule has 0 bridgehead atoms. The van der Waals surface area contributed by atoms with E-state index in [0.717, 1.165) is 5.46 Å². The molecule has 2 saturated heterocycles. The lowest BCUT2D eigenvalue weighted by molar-refractivity contribution is -0.139. The lowest BCUT2D eigenvalue weighted by Gasteiger charge is -2.17. The number of nitrogens with zero attached hydrogens (tertiary/aromatic N) is 1. The number of carbonyl (C=O) groups is 2. The van der Waals surface area contributed by atoms with E-state index in [9.17, 15) is 9.59 Å². The molecular formula is C13H14BNO4. The van der Waals surface area contributed by atoms with Crippen molar-refractivity contribution in [3.8, 4) is 0 Å². The molecule has 6 heteroatoms. The molecule has 2 heterocycles. The fourth-order valence-corrected chi connectivity index (χ4v) is 2.36. The second-order valence-corrected chi connectivity index (χ2v) is 4.73. The zero-order valence-corrected chi connectivity index (χ0v) is 10.5. The highest BCUT2D eigenvalue weighted by Crippen LogP contribution is 2.16. The maximum atomic E-state index is 11.5. The van der Waals surface area contributed by atoms with Crippen LogP contribution in [0.3, 0.4) is 0 Å². The van der Waals surface area contributed by atoms with Crippen LogP contribution in [0.5, 0.6) is 0 Å². The van der Waals surface area contributed by atoms with Crippen molar-refractivity contribution < 1.29 is 18.9 Å². The number of carbonyl (C=O) groups excluding carboxylic acids is 2. The van der Waals surface area contributed by atoms with Crippen molar-refractivity contribution in [2.45, 2.75) is 18.9 Å². The number of amides is 2. The van der Waals surface area contributed by atoms with E-state index >= 15 is 0 Å². The number of benzene rings is 1. The van der Waals surface area contributed by atoms with Gasteiger partial charge in [-0.15, -0.1) is 0 Å². The molecule has 2 fully saturated rings. The Labute approximate surface area is 111 Å². The molecular weight excluding hydrogens is 245 g/mol. The van der Waals surface area contributed by atoms with E-state index in [0.29, 0.717) is 26.0 Å². The summed E-state index contributed by atoms with van der Waals surface area (Å²) in [5.74, 6) is -0.228. The quantitative estimate of drug-likeness (QED) is 0.564. The van der Waals surface area contributed by atoms with Gasteiger partial charge in [0.2, 0.25) is 11.8 Å². The van der Waals surface area contributed by atoms with Crippen LogP contribution in [0.4, 0.5) is 0 Å². The van der Waals surface area contributed by atoms with Crippen LogP contribution in [0.25, 0.3) is 0 Å². The molecule has 1 aromatic rings. The summed E-state index contributed by atoms with van der Waals surface area (Å²) >= 11 is 0. The molecule has 19 heavy (non-hydrogen) atoms. The van der Waals surface area contributed by atoms with E-state index in [2.05, 4.69) is 0 Å². The smallest absolute Gasteiger partial charge is 0.405 e. The van der Waals surface area contributed by atoms with E-state index in [1.54, 1.807) is 0 Å². The van der Waals surface area contributed by atoms with Crippen molar-refractivity contribution in [3.63, 3.8) is 0 Å². The third kappa shape index (κ3) is 2.55. The first-order valence-electron chi connectivity index (χ1n) is 6.39. The second-order valence-electron chi connectivity index (χ2n) is 4.73. The lowest BCUT2D eigenvalue weighted by Crippen LogP contribution is -2.39. The minimum Gasteiger partial charge on any atom is -0.405 e. The van der Waals surface area contributed by atoms with Gasteiger partial charge in [-0.2, -0.15) is 0 Å². The predicted octanol–water partition coefficient (Wildman–Crippen LogP) is -0.0538. The molecule has 0 aliphatic carbocycles. The van der Waals surface area contributed by atoms with E-state index in [1.165, 1.54) is 4.90 Å². The highest BCUT2D eigenvalue weighted by atomic mass is 16.6. The molecule has 0 aromatic heterocycles. The first-order chi connectivity index (χ1) is 9.24. The van der Waals surface area contributed by atoms with Gasteiger partial charge >= 0.3 is 7.12 Å². The van der Waals surface area contributed by atoms with Gasteiger partial charge in [0.15, 0.2) is 0 Å². The van der Waals surface area contributed by atoms with Gasteiger partial charge in [0.1, 0.15) is 0 Å².